The number of carbonyl (C=O) groups is 1. The summed E-state index contributed by atoms with van der Waals surface area (Å²) < 4.78 is 0. The fourth-order valence-electron chi connectivity index (χ4n) is 1.01. The smallest absolute Gasteiger partial charge is 0.161 e. The molecule has 0 aliphatic rings. The summed E-state index contributed by atoms with van der Waals surface area (Å²) >= 11 is 0. The Morgan fingerprint density at radius 2 is 1.80 bits per heavy atom. The highest BCUT2D eigenvalue weighted by molar-refractivity contribution is 5.95. The van der Waals surface area contributed by atoms with Crippen LogP contribution in [0.1, 0.15) is 33.6 Å². The van der Waals surface area contributed by atoms with Crippen LogP contribution in [0.2, 0.25) is 0 Å². The predicted molar refractivity (Wildman–Crippen MR) is 43.9 cm³/mol. The summed E-state index contributed by atoms with van der Waals surface area (Å²) in [7, 11) is 0. The van der Waals surface area contributed by atoms with Crippen molar-refractivity contribution >= 4 is 5.78 Å². The van der Waals surface area contributed by atoms with Gasteiger partial charge in [0.2, 0.25) is 0 Å². The minimum absolute atomic E-state index is 0.206. The van der Waals surface area contributed by atoms with E-state index in [1.54, 1.807) is 6.92 Å². The van der Waals surface area contributed by atoms with E-state index < -0.39 is 0 Å². The number of carbonyl (C=O) groups excluding carboxylic acids is 1. The first-order valence-electron chi connectivity index (χ1n) is 3.83. The SMILES string of the molecule is C=C(C)C(=O)C(CC)CC. The van der Waals surface area contributed by atoms with Crippen LogP contribution in [0, 0.1) is 5.92 Å². The third-order valence-corrected chi connectivity index (χ3v) is 1.78. The monoisotopic (exact) mass is 140 g/mol. The van der Waals surface area contributed by atoms with E-state index in [9.17, 15) is 4.79 Å². The average Bonchev–Trinajstić information content (AvgIpc) is 1.90. The first-order valence-corrected chi connectivity index (χ1v) is 3.83. The topological polar surface area (TPSA) is 17.1 Å². The zero-order valence-electron chi connectivity index (χ0n) is 7.11. The minimum atomic E-state index is 0.206. The molecule has 1 heteroatoms. The van der Waals surface area contributed by atoms with Gasteiger partial charge in [0, 0.05) is 5.92 Å². The van der Waals surface area contributed by atoms with E-state index in [-0.39, 0.29) is 11.7 Å². The Kier molecular flexibility index (Phi) is 4.01. The van der Waals surface area contributed by atoms with Crippen molar-refractivity contribution in [3.63, 3.8) is 0 Å². The maximum atomic E-state index is 11.2. The molecule has 0 spiro atoms. The predicted octanol–water partition coefficient (Wildman–Crippen LogP) is 2.57. The second kappa shape index (κ2) is 4.26. The lowest BCUT2D eigenvalue weighted by Gasteiger charge is -2.09. The molecule has 0 fully saturated rings. The Morgan fingerprint density at radius 1 is 1.40 bits per heavy atom. The highest BCUT2D eigenvalue weighted by Crippen LogP contribution is 2.12. The zero-order chi connectivity index (χ0) is 8.15. The Bertz CT molecular complexity index is 132. The molecule has 0 amide bonds. The van der Waals surface area contributed by atoms with Crippen molar-refractivity contribution in [2.45, 2.75) is 33.6 Å². The molecule has 0 aromatic rings. The molecule has 0 radical (unpaired) electrons. The molecule has 0 saturated heterocycles. The molecule has 0 N–H and O–H groups in total. The van der Waals surface area contributed by atoms with Crippen LogP contribution in [0.5, 0.6) is 0 Å². The molecule has 0 aliphatic carbocycles. The van der Waals surface area contributed by atoms with Crippen LogP contribution in [-0.2, 0) is 4.79 Å². The van der Waals surface area contributed by atoms with E-state index in [0.29, 0.717) is 5.57 Å². The molecular formula is C9H16O. The summed E-state index contributed by atoms with van der Waals surface area (Å²) in [6, 6.07) is 0. The fourth-order valence-corrected chi connectivity index (χ4v) is 1.01. The molecule has 0 aromatic carbocycles. The van der Waals surface area contributed by atoms with Gasteiger partial charge in [-0.3, -0.25) is 4.79 Å². The van der Waals surface area contributed by atoms with Crippen LogP contribution in [0.3, 0.4) is 0 Å². The van der Waals surface area contributed by atoms with Gasteiger partial charge in [-0.2, -0.15) is 0 Å². The molecule has 0 atom stereocenters. The lowest BCUT2D eigenvalue weighted by molar-refractivity contribution is -0.119. The molecule has 10 heavy (non-hydrogen) atoms. The van der Waals surface area contributed by atoms with Crippen LogP contribution in [0.4, 0.5) is 0 Å². The van der Waals surface area contributed by atoms with Crippen molar-refractivity contribution in [2.75, 3.05) is 0 Å². The maximum absolute atomic E-state index is 11.2. The van der Waals surface area contributed by atoms with Crippen molar-refractivity contribution in [1.29, 1.82) is 0 Å². The Hall–Kier alpha value is -0.590. The highest BCUT2D eigenvalue weighted by atomic mass is 16.1. The average molecular weight is 140 g/mol. The maximum Gasteiger partial charge on any atom is 0.161 e. The van der Waals surface area contributed by atoms with E-state index in [1.807, 2.05) is 13.8 Å². The molecule has 0 saturated carbocycles. The number of hydrogen-bond donors (Lipinski definition) is 0. The lowest BCUT2D eigenvalue weighted by Crippen LogP contribution is -2.12. The summed E-state index contributed by atoms with van der Waals surface area (Å²) in [5.41, 5.74) is 0.689. The lowest BCUT2D eigenvalue weighted by atomic mass is 9.94. The Balaban J connectivity index is 4.02. The summed E-state index contributed by atoms with van der Waals surface area (Å²) in [4.78, 5) is 11.2. The van der Waals surface area contributed by atoms with Crippen molar-refractivity contribution in [3.05, 3.63) is 12.2 Å². The van der Waals surface area contributed by atoms with E-state index in [0.717, 1.165) is 12.8 Å². The second-order valence-corrected chi connectivity index (χ2v) is 2.66. The molecule has 0 aromatic heterocycles. The van der Waals surface area contributed by atoms with Crippen LogP contribution >= 0.6 is 0 Å². The molecule has 0 rings (SSSR count). The molecule has 0 heterocycles. The normalized spacial score (nSPS) is 10.0. The number of ketones is 1. The highest BCUT2D eigenvalue weighted by Gasteiger charge is 2.13. The van der Waals surface area contributed by atoms with Crippen LogP contribution < -0.4 is 0 Å². The van der Waals surface area contributed by atoms with Gasteiger partial charge in [0.05, 0.1) is 0 Å². The summed E-state index contributed by atoms with van der Waals surface area (Å²) in [5.74, 6) is 0.433. The third kappa shape index (κ3) is 2.34. The Labute approximate surface area is 63.1 Å². The van der Waals surface area contributed by atoms with Crippen LogP contribution in [0.25, 0.3) is 0 Å². The van der Waals surface area contributed by atoms with Gasteiger partial charge in [-0.15, -0.1) is 0 Å². The quantitative estimate of drug-likeness (QED) is 0.548. The first-order chi connectivity index (χ1) is 4.63. The van der Waals surface area contributed by atoms with Crippen LogP contribution in [0.15, 0.2) is 12.2 Å². The van der Waals surface area contributed by atoms with Crippen molar-refractivity contribution in [1.82, 2.24) is 0 Å². The van der Waals surface area contributed by atoms with Crippen molar-refractivity contribution in [3.8, 4) is 0 Å². The van der Waals surface area contributed by atoms with E-state index >= 15 is 0 Å². The van der Waals surface area contributed by atoms with Gasteiger partial charge in [0.15, 0.2) is 5.78 Å². The third-order valence-electron chi connectivity index (χ3n) is 1.78. The number of allylic oxidation sites excluding steroid dienone is 1. The van der Waals surface area contributed by atoms with Crippen molar-refractivity contribution < 1.29 is 4.79 Å². The summed E-state index contributed by atoms with van der Waals surface area (Å²) in [6.45, 7) is 9.47. The molecule has 0 bridgehead atoms. The molecule has 1 nitrogen and oxygen atoms in total. The zero-order valence-corrected chi connectivity index (χ0v) is 7.11. The van der Waals surface area contributed by atoms with E-state index in [4.69, 9.17) is 0 Å². The molecular weight excluding hydrogens is 124 g/mol. The van der Waals surface area contributed by atoms with Gasteiger partial charge < -0.3 is 0 Å². The first kappa shape index (κ1) is 9.41. The van der Waals surface area contributed by atoms with E-state index in [2.05, 4.69) is 6.58 Å². The molecule has 0 aliphatic heterocycles. The Morgan fingerprint density at radius 3 is 1.90 bits per heavy atom. The van der Waals surface area contributed by atoms with Crippen LogP contribution in [-0.4, -0.2) is 5.78 Å². The van der Waals surface area contributed by atoms with Gasteiger partial charge in [0.25, 0.3) is 0 Å². The summed E-state index contributed by atoms with van der Waals surface area (Å²) in [6.07, 6.45) is 1.87. The number of Topliss-reactive ketones (excluding diaryl/α,β-unsaturated/α-hetero) is 1. The van der Waals surface area contributed by atoms with Gasteiger partial charge in [-0.1, -0.05) is 20.4 Å². The second-order valence-electron chi connectivity index (χ2n) is 2.66. The number of hydrogen-bond acceptors (Lipinski definition) is 1. The van der Waals surface area contributed by atoms with Gasteiger partial charge in [-0.05, 0) is 25.3 Å². The minimum Gasteiger partial charge on any atom is -0.294 e. The largest absolute Gasteiger partial charge is 0.294 e. The van der Waals surface area contributed by atoms with Gasteiger partial charge >= 0.3 is 0 Å². The van der Waals surface area contributed by atoms with Crippen molar-refractivity contribution in [2.24, 2.45) is 5.92 Å². The summed E-state index contributed by atoms with van der Waals surface area (Å²) in [5, 5.41) is 0. The molecule has 0 unspecified atom stereocenters. The molecule has 58 valence electrons. The fraction of sp³-hybridized carbons (Fsp3) is 0.667. The standard InChI is InChI=1S/C9H16O/c1-5-8(6-2)9(10)7(3)4/h8H,3,5-6H2,1-2,4H3. The van der Waals surface area contributed by atoms with Gasteiger partial charge in [-0.25, -0.2) is 0 Å². The van der Waals surface area contributed by atoms with E-state index in [1.165, 1.54) is 0 Å². The number of rotatable bonds is 4. The van der Waals surface area contributed by atoms with Gasteiger partial charge in [0.1, 0.15) is 0 Å².